The van der Waals surface area contributed by atoms with Crippen LogP contribution in [0.4, 0.5) is 0 Å². The minimum Gasteiger partial charge on any atom is -0.339 e. The van der Waals surface area contributed by atoms with Crippen LogP contribution in [0.3, 0.4) is 0 Å². The number of hydrogen-bond donors (Lipinski definition) is 0. The van der Waals surface area contributed by atoms with E-state index in [0.29, 0.717) is 0 Å². The first-order valence-electron chi connectivity index (χ1n) is 3.33. The second kappa shape index (κ2) is 2.31. The molecule has 10 heavy (non-hydrogen) atoms. The Morgan fingerprint density at radius 3 is 1.70 bits per heavy atom. The van der Waals surface area contributed by atoms with Gasteiger partial charge in [0, 0.05) is 12.7 Å². The lowest BCUT2D eigenvalue weighted by atomic mass is 10.2. The molecule has 1 nitrogen and oxygen atoms in total. The van der Waals surface area contributed by atoms with Gasteiger partial charge in [-0.1, -0.05) is 11.6 Å². The lowest BCUT2D eigenvalue weighted by Crippen LogP contribution is -1.89. The molecule has 0 bridgehead atoms. The summed E-state index contributed by atoms with van der Waals surface area (Å²) in [6.45, 7) is 6.22. The zero-order valence-electron chi connectivity index (χ0n) is 6.83. The van der Waals surface area contributed by atoms with Gasteiger partial charge in [0.15, 0.2) is 0 Å². The summed E-state index contributed by atoms with van der Waals surface area (Å²) < 4.78 is 2.01. The molecule has 2 heteroatoms. The highest BCUT2D eigenvalue weighted by molar-refractivity contribution is 6.30. The van der Waals surface area contributed by atoms with Crippen LogP contribution >= 0.6 is 11.6 Å². The van der Waals surface area contributed by atoms with Crippen molar-refractivity contribution in [3.05, 3.63) is 22.0 Å². The molecule has 0 aliphatic carbocycles. The Kier molecular flexibility index (Phi) is 1.78. The van der Waals surface area contributed by atoms with E-state index in [-0.39, 0.29) is 0 Å². The van der Waals surface area contributed by atoms with Gasteiger partial charge >= 0.3 is 0 Å². The molecule has 1 rings (SSSR count). The molecule has 0 saturated carbocycles. The summed E-state index contributed by atoms with van der Waals surface area (Å²) in [5.74, 6) is 0. The highest BCUT2D eigenvalue weighted by Crippen LogP contribution is 2.23. The second-order valence-corrected chi connectivity index (χ2v) is 3.04. The molecular weight excluding hydrogens is 146 g/mol. The van der Waals surface area contributed by atoms with E-state index >= 15 is 0 Å². The fourth-order valence-electron chi connectivity index (χ4n) is 1.08. The van der Waals surface area contributed by atoms with Gasteiger partial charge in [-0.25, -0.2) is 0 Å². The van der Waals surface area contributed by atoms with Crippen molar-refractivity contribution >= 4 is 11.6 Å². The maximum atomic E-state index is 5.97. The summed E-state index contributed by atoms with van der Waals surface area (Å²) in [7, 11) is 1.98. The standard InChI is InChI=1S/C8H12ClN/c1-5-6(2)8(9)10(4)7(5)3/h1-4H3. The quantitative estimate of drug-likeness (QED) is 0.546. The van der Waals surface area contributed by atoms with Gasteiger partial charge in [0.25, 0.3) is 0 Å². The Bertz CT molecular complexity index is 180. The molecule has 1 aromatic heterocycles. The third kappa shape index (κ3) is 0.853. The largest absolute Gasteiger partial charge is 0.339 e. The molecule has 0 unspecified atom stereocenters. The van der Waals surface area contributed by atoms with Crippen LogP contribution in [-0.2, 0) is 7.05 Å². The third-order valence-corrected chi connectivity index (χ3v) is 2.75. The number of hydrogen-bond acceptors (Lipinski definition) is 0. The molecule has 1 heterocycles. The number of aromatic nitrogens is 1. The van der Waals surface area contributed by atoms with Gasteiger partial charge < -0.3 is 4.57 Å². The maximum absolute atomic E-state index is 5.97. The molecule has 0 N–H and O–H groups in total. The molecule has 0 fully saturated rings. The van der Waals surface area contributed by atoms with Crippen LogP contribution in [0.5, 0.6) is 0 Å². The van der Waals surface area contributed by atoms with E-state index in [1.54, 1.807) is 0 Å². The van der Waals surface area contributed by atoms with E-state index in [0.717, 1.165) is 5.15 Å². The number of nitrogens with zero attached hydrogens (tertiary/aromatic N) is 1. The number of halogens is 1. The van der Waals surface area contributed by atoms with E-state index in [1.807, 2.05) is 18.5 Å². The molecular formula is C8H12ClN. The highest BCUT2D eigenvalue weighted by atomic mass is 35.5. The monoisotopic (exact) mass is 157 g/mol. The van der Waals surface area contributed by atoms with Crippen LogP contribution in [-0.4, -0.2) is 4.57 Å². The zero-order chi connectivity index (χ0) is 7.89. The van der Waals surface area contributed by atoms with Crippen molar-refractivity contribution in [1.82, 2.24) is 4.57 Å². The SMILES string of the molecule is Cc1c(C)c(Cl)n(C)c1C. The van der Waals surface area contributed by atoms with Gasteiger partial charge in [0.1, 0.15) is 5.15 Å². The first kappa shape index (κ1) is 7.67. The molecule has 1 aromatic rings. The summed E-state index contributed by atoms with van der Waals surface area (Å²) in [5, 5.41) is 0.856. The summed E-state index contributed by atoms with van der Waals surface area (Å²) in [4.78, 5) is 0. The van der Waals surface area contributed by atoms with Crippen molar-refractivity contribution in [1.29, 1.82) is 0 Å². The van der Waals surface area contributed by atoms with Gasteiger partial charge in [0.05, 0.1) is 0 Å². The van der Waals surface area contributed by atoms with Gasteiger partial charge in [0.2, 0.25) is 0 Å². The van der Waals surface area contributed by atoms with E-state index in [2.05, 4.69) is 13.8 Å². The third-order valence-electron chi connectivity index (χ3n) is 2.21. The Labute approximate surface area is 66.6 Å². The van der Waals surface area contributed by atoms with Crippen molar-refractivity contribution in [2.45, 2.75) is 20.8 Å². The maximum Gasteiger partial charge on any atom is 0.112 e. The molecule has 0 aliphatic rings. The second-order valence-electron chi connectivity index (χ2n) is 2.69. The average molecular weight is 158 g/mol. The molecule has 0 aromatic carbocycles. The Morgan fingerprint density at radius 2 is 1.60 bits per heavy atom. The number of rotatable bonds is 0. The van der Waals surface area contributed by atoms with Gasteiger partial charge in [-0.05, 0) is 31.9 Å². The first-order chi connectivity index (χ1) is 4.55. The minimum atomic E-state index is 0.856. The summed E-state index contributed by atoms with van der Waals surface area (Å²) in [6.07, 6.45) is 0. The predicted octanol–water partition coefficient (Wildman–Crippen LogP) is 2.60. The van der Waals surface area contributed by atoms with E-state index in [9.17, 15) is 0 Å². The van der Waals surface area contributed by atoms with E-state index in [1.165, 1.54) is 16.8 Å². The molecule has 0 amide bonds. The topological polar surface area (TPSA) is 4.93 Å². The molecule has 0 atom stereocenters. The van der Waals surface area contributed by atoms with Crippen LogP contribution in [0.1, 0.15) is 16.8 Å². The van der Waals surface area contributed by atoms with E-state index in [4.69, 9.17) is 11.6 Å². The van der Waals surface area contributed by atoms with Crippen molar-refractivity contribution in [3.63, 3.8) is 0 Å². The lowest BCUT2D eigenvalue weighted by Gasteiger charge is -1.96. The van der Waals surface area contributed by atoms with Crippen molar-refractivity contribution in [2.24, 2.45) is 7.05 Å². The summed E-state index contributed by atoms with van der Waals surface area (Å²) in [5.41, 5.74) is 3.75. The minimum absolute atomic E-state index is 0.856. The lowest BCUT2D eigenvalue weighted by molar-refractivity contribution is 0.877. The molecule has 56 valence electrons. The summed E-state index contributed by atoms with van der Waals surface area (Å²) in [6, 6.07) is 0. The Hall–Kier alpha value is -0.430. The Balaban J connectivity index is 3.44. The van der Waals surface area contributed by atoms with Gasteiger partial charge in [-0.3, -0.25) is 0 Å². The van der Waals surface area contributed by atoms with Gasteiger partial charge in [-0.2, -0.15) is 0 Å². The molecule has 0 spiro atoms. The molecule has 0 radical (unpaired) electrons. The van der Waals surface area contributed by atoms with Crippen LogP contribution in [0.25, 0.3) is 0 Å². The van der Waals surface area contributed by atoms with Gasteiger partial charge in [-0.15, -0.1) is 0 Å². The average Bonchev–Trinajstić information content (AvgIpc) is 2.07. The predicted molar refractivity (Wildman–Crippen MR) is 44.6 cm³/mol. The van der Waals surface area contributed by atoms with Crippen molar-refractivity contribution in [2.75, 3.05) is 0 Å². The van der Waals surface area contributed by atoms with Crippen molar-refractivity contribution in [3.8, 4) is 0 Å². The van der Waals surface area contributed by atoms with Crippen LogP contribution in [0.15, 0.2) is 0 Å². The van der Waals surface area contributed by atoms with E-state index < -0.39 is 0 Å². The molecule has 0 saturated heterocycles. The first-order valence-corrected chi connectivity index (χ1v) is 3.71. The molecule has 0 aliphatic heterocycles. The zero-order valence-corrected chi connectivity index (χ0v) is 7.58. The highest BCUT2D eigenvalue weighted by Gasteiger charge is 2.08. The Morgan fingerprint density at radius 1 is 1.10 bits per heavy atom. The van der Waals surface area contributed by atoms with Crippen LogP contribution in [0, 0.1) is 20.8 Å². The smallest absolute Gasteiger partial charge is 0.112 e. The fraction of sp³-hybridized carbons (Fsp3) is 0.500. The van der Waals surface area contributed by atoms with Crippen molar-refractivity contribution < 1.29 is 0 Å². The van der Waals surface area contributed by atoms with Crippen LogP contribution < -0.4 is 0 Å². The fourth-order valence-corrected chi connectivity index (χ4v) is 1.34. The normalized spacial score (nSPS) is 10.5. The van der Waals surface area contributed by atoms with Crippen LogP contribution in [0.2, 0.25) is 5.15 Å². The summed E-state index contributed by atoms with van der Waals surface area (Å²) >= 11 is 5.97.